The first-order chi connectivity index (χ1) is 17.4. The van der Waals surface area contributed by atoms with Gasteiger partial charge < -0.3 is 0 Å². The van der Waals surface area contributed by atoms with E-state index in [1.54, 1.807) is 0 Å². The molecule has 164 valence electrons. The van der Waals surface area contributed by atoms with Gasteiger partial charge in [-0.1, -0.05) is 84.9 Å². The summed E-state index contributed by atoms with van der Waals surface area (Å²) >= 11 is 3.74. The molecule has 0 bridgehead atoms. The SMILES string of the molecule is c1ccc(-c2nc(-n3c4ccccc4c4sc5c6ccccc6sc5c43)nc3ccccc23)cc1. The maximum absolute atomic E-state index is 5.22. The highest BCUT2D eigenvalue weighted by atomic mass is 32.1. The van der Waals surface area contributed by atoms with Gasteiger partial charge in [-0.25, -0.2) is 9.97 Å². The van der Waals surface area contributed by atoms with Gasteiger partial charge in [0, 0.05) is 26.4 Å². The zero-order valence-electron chi connectivity index (χ0n) is 18.5. The van der Waals surface area contributed by atoms with Crippen molar-refractivity contribution >= 4 is 74.2 Å². The molecule has 3 nitrogen and oxygen atoms in total. The lowest BCUT2D eigenvalue weighted by Gasteiger charge is -2.11. The van der Waals surface area contributed by atoms with E-state index >= 15 is 0 Å². The Morgan fingerprint density at radius 2 is 1.26 bits per heavy atom. The van der Waals surface area contributed by atoms with Crippen LogP contribution in [0.2, 0.25) is 0 Å². The van der Waals surface area contributed by atoms with Gasteiger partial charge in [-0.15, -0.1) is 22.7 Å². The van der Waals surface area contributed by atoms with Crippen molar-refractivity contribution in [3.8, 4) is 17.2 Å². The number of thiophene rings is 2. The Morgan fingerprint density at radius 3 is 2.14 bits per heavy atom. The smallest absolute Gasteiger partial charge is 0.235 e. The molecule has 0 radical (unpaired) electrons. The van der Waals surface area contributed by atoms with E-state index in [1.807, 2.05) is 34.8 Å². The molecule has 0 aliphatic heterocycles. The average Bonchev–Trinajstić information content (AvgIpc) is 3.56. The predicted octanol–water partition coefficient (Wildman–Crippen LogP) is 8.82. The van der Waals surface area contributed by atoms with Crippen molar-refractivity contribution in [2.75, 3.05) is 0 Å². The third-order valence-electron chi connectivity index (χ3n) is 6.64. The number of hydrogen-bond acceptors (Lipinski definition) is 4. The van der Waals surface area contributed by atoms with Crippen LogP contribution < -0.4 is 0 Å². The van der Waals surface area contributed by atoms with E-state index in [9.17, 15) is 0 Å². The van der Waals surface area contributed by atoms with Gasteiger partial charge in [-0.2, -0.15) is 0 Å². The van der Waals surface area contributed by atoms with Gasteiger partial charge in [0.15, 0.2) is 0 Å². The molecule has 4 aromatic heterocycles. The summed E-state index contributed by atoms with van der Waals surface area (Å²) in [5.41, 5.74) is 5.35. The highest BCUT2D eigenvalue weighted by molar-refractivity contribution is 7.37. The summed E-state index contributed by atoms with van der Waals surface area (Å²) < 4.78 is 7.54. The van der Waals surface area contributed by atoms with Gasteiger partial charge in [0.2, 0.25) is 5.95 Å². The topological polar surface area (TPSA) is 30.7 Å². The van der Waals surface area contributed by atoms with E-state index in [-0.39, 0.29) is 0 Å². The van der Waals surface area contributed by atoms with Crippen molar-refractivity contribution in [3.63, 3.8) is 0 Å². The summed E-state index contributed by atoms with van der Waals surface area (Å²) in [5.74, 6) is 0.714. The van der Waals surface area contributed by atoms with Crippen LogP contribution in [0.5, 0.6) is 0 Å². The fourth-order valence-electron chi connectivity index (χ4n) is 5.09. The maximum Gasteiger partial charge on any atom is 0.235 e. The molecule has 35 heavy (non-hydrogen) atoms. The number of rotatable bonds is 2. The molecular weight excluding hydrogens is 466 g/mol. The van der Waals surface area contributed by atoms with Gasteiger partial charge in [-0.05, 0) is 18.2 Å². The van der Waals surface area contributed by atoms with Gasteiger partial charge >= 0.3 is 0 Å². The molecule has 0 amide bonds. The second-order valence-electron chi connectivity index (χ2n) is 8.64. The van der Waals surface area contributed by atoms with Crippen LogP contribution in [0.4, 0.5) is 0 Å². The Morgan fingerprint density at radius 1 is 0.543 bits per heavy atom. The van der Waals surface area contributed by atoms with Gasteiger partial charge in [0.05, 0.1) is 36.3 Å². The number of aromatic nitrogens is 3. The van der Waals surface area contributed by atoms with Crippen molar-refractivity contribution in [1.29, 1.82) is 0 Å². The van der Waals surface area contributed by atoms with Gasteiger partial charge in [0.25, 0.3) is 0 Å². The number of para-hydroxylation sites is 2. The second kappa shape index (κ2) is 7.22. The Kier molecular flexibility index (Phi) is 3.97. The third kappa shape index (κ3) is 2.71. The molecule has 0 aliphatic carbocycles. The summed E-state index contributed by atoms with van der Waals surface area (Å²) in [7, 11) is 0. The van der Waals surface area contributed by atoms with Crippen molar-refractivity contribution in [2.24, 2.45) is 0 Å². The van der Waals surface area contributed by atoms with Gasteiger partial charge in [-0.3, -0.25) is 4.57 Å². The summed E-state index contributed by atoms with van der Waals surface area (Å²) in [4.78, 5) is 10.3. The van der Waals surface area contributed by atoms with Crippen LogP contribution in [0.25, 0.3) is 68.7 Å². The largest absolute Gasteiger partial charge is 0.276 e. The fraction of sp³-hybridized carbons (Fsp3) is 0. The summed E-state index contributed by atoms with van der Waals surface area (Å²) in [6.45, 7) is 0. The number of nitrogens with zero attached hydrogens (tertiary/aromatic N) is 3. The molecule has 0 N–H and O–H groups in total. The number of fused-ring (bicyclic) bond motifs is 8. The molecule has 5 heteroatoms. The third-order valence-corrected chi connectivity index (χ3v) is 9.19. The lowest BCUT2D eigenvalue weighted by Crippen LogP contribution is -2.03. The van der Waals surface area contributed by atoms with Crippen LogP contribution in [-0.2, 0) is 0 Å². The molecule has 0 spiro atoms. The van der Waals surface area contributed by atoms with E-state index in [1.165, 1.54) is 35.1 Å². The van der Waals surface area contributed by atoms with Crippen molar-refractivity contribution < 1.29 is 0 Å². The Hall–Kier alpha value is -4.06. The quantitative estimate of drug-likeness (QED) is 0.246. The van der Waals surface area contributed by atoms with Crippen LogP contribution in [0, 0.1) is 0 Å². The Labute approximate surface area is 208 Å². The van der Waals surface area contributed by atoms with E-state index < -0.39 is 0 Å². The molecule has 0 unspecified atom stereocenters. The minimum atomic E-state index is 0.714. The average molecular weight is 484 g/mol. The molecule has 4 aromatic carbocycles. The van der Waals surface area contributed by atoms with Crippen molar-refractivity contribution in [2.45, 2.75) is 0 Å². The van der Waals surface area contributed by atoms with Crippen molar-refractivity contribution in [3.05, 3.63) is 103 Å². The molecule has 8 rings (SSSR count). The second-order valence-corrected chi connectivity index (χ2v) is 10.7. The highest BCUT2D eigenvalue weighted by Crippen LogP contribution is 2.48. The molecule has 0 aliphatic rings. The Balaban J connectivity index is 1.55. The van der Waals surface area contributed by atoms with Gasteiger partial charge in [0.1, 0.15) is 0 Å². The van der Waals surface area contributed by atoms with E-state index in [2.05, 4.69) is 95.6 Å². The van der Waals surface area contributed by atoms with Crippen molar-refractivity contribution in [1.82, 2.24) is 14.5 Å². The zero-order valence-corrected chi connectivity index (χ0v) is 20.1. The number of benzene rings is 4. The maximum atomic E-state index is 5.22. The van der Waals surface area contributed by atoms with E-state index in [0.717, 1.165) is 27.7 Å². The predicted molar refractivity (Wildman–Crippen MR) is 150 cm³/mol. The first-order valence-corrected chi connectivity index (χ1v) is 13.2. The standard InChI is InChI=1S/C30H17N3S2/c1-2-10-18(11-3-1)25-19-12-4-7-15-22(19)31-30(32-25)33-23-16-8-5-13-20(23)27-26(33)29-28(35-27)21-14-6-9-17-24(21)34-29/h1-17H. The zero-order chi connectivity index (χ0) is 22.9. The minimum Gasteiger partial charge on any atom is -0.276 e. The normalized spacial score (nSPS) is 12.0. The van der Waals surface area contributed by atoms with Crippen LogP contribution in [0.1, 0.15) is 0 Å². The number of hydrogen-bond donors (Lipinski definition) is 0. The molecule has 0 saturated heterocycles. The highest BCUT2D eigenvalue weighted by Gasteiger charge is 2.22. The molecule has 8 aromatic rings. The van der Waals surface area contributed by atoms with E-state index in [4.69, 9.17) is 9.97 Å². The molecular formula is C30H17N3S2. The molecule has 0 atom stereocenters. The first-order valence-electron chi connectivity index (χ1n) is 11.5. The van der Waals surface area contributed by atoms with Crippen LogP contribution in [0.15, 0.2) is 103 Å². The van der Waals surface area contributed by atoms with Crippen LogP contribution in [0.3, 0.4) is 0 Å². The van der Waals surface area contributed by atoms with E-state index in [0.29, 0.717) is 5.95 Å². The fourth-order valence-corrected chi connectivity index (χ4v) is 7.86. The molecule has 4 heterocycles. The molecule has 0 fully saturated rings. The lowest BCUT2D eigenvalue weighted by atomic mass is 10.1. The van der Waals surface area contributed by atoms with Crippen LogP contribution >= 0.6 is 22.7 Å². The van der Waals surface area contributed by atoms with Crippen LogP contribution in [-0.4, -0.2) is 14.5 Å². The lowest BCUT2D eigenvalue weighted by molar-refractivity contribution is 1.02. The first kappa shape index (κ1) is 19.3. The summed E-state index contributed by atoms with van der Waals surface area (Å²) in [6, 6.07) is 36.0. The molecule has 0 saturated carbocycles. The summed E-state index contributed by atoms with van der Waals surface area (Å²) in [6.07, 6.45) is 0. The summed E-state index contributed by atoms with van der Waals surface area (Å²) in [5, 5.41) is 3.64. The minimum absolute atomic E-state index is 0.714. The monoisotopic (exact) mass is 483 g/mol. The Bertz CT molecular complexity index is 2060.